The smallest absolute Gasteiger partial charge is 0.181 e. The highest BCUT2D eigenvalue weighted by molar-refractivity contribution is 4.74. The lowest BCUT2D eigenvalue weighted by Gasteiger charge is -2.35. The molecule has 2 unspecified atom stereocenters. The molecule has 0 amide bonds. The van der Waals surface area contributed by atoms with E-state index in [0.717, 1.165) is 0 Å². The Balaban J connectivity index is 4.36. The summed E-state index contributed by atoms with van der Waals surface area (Å²) in [5.41, 5.74) is 10.6. The van der Waals surface area contributed by atoms with Crippen LogP contribution in [0.3, 0.4) is 0 Å². The van der Waals surface area contributed by atoms with Gasteiger partial charge in [-0.05, 0) is 12.8 Å². The number of aliphatic hydroxyl groups is 2. The van der Waals surface area contributed by atoms with Crippen LogP contribution in [-0.4, -0.2) is 34.9 Å². The molecule has 0 fully saturated rings. The van der Waals surface area contributed by atoms with Gasteiger partial charge in [-0.2, -0.15) is 0 Å². The quantitative estimate of drug-likeness (QED) is 0.409. The first kappa shape index (κ1) is 12.8. The maximum Gasteiger partial charge on any atom is 0.181 e. The minimum absolute atomic E-state index is 0.0637. The molecule has 0 heterocycles. The molecular weight excluding hydrogens is 172 g/mol. The van der Waals surface area contributed by atoms with E-state index in [4.69, 9.17) is 16.2 Å². The van der Waals surface area contributed by atoms with Gasteiger partial charge in [0.2, 0.25) is 0 Å². The van der Waals surface area contributed by atoms with E-state index in [1.807, 2.05) is 0 Å². The Labute approximate surface area is 78.7 Å². The fraction of sp³-hybridized carbons (Fsp3) is 1.00. The van der Waals surface area contributed by atoms with E-state index in [-0.39, 0.29) is 13.1 Å². The van der Waals surface area contributed by atoms with Crippen LogP contribution in [0.5, 0.6) is 0 Å². The Kier molecular flexibility index (Phi) is 4.80. The molecule has 2 atom stereocenters. The molecule has 0 rings (SSSR count). The highest BCUT2D eigenvalue weighted by atomic mass is 16.7. The molecule has 0 aromatic heterocycles. The summed E-state index contributed by atoms with van der Waals surface area (Å²) in [5.74, 6) is -2.96. The summed E-state index contributed by atoms with van der Waals surface area (Å²) in [5, 5.41) is 19.3. The van der Waals surface area contributed by atoms with Crippen molar-refractivity contribution in [1.82, 2.24) is 0 Å². The fourth-order valence-electron chi connectivity index (χ4n) is 0.870. The van der Waals surface area contributed by atoms with Crippen LogP contribution in [0.25, 0.3) is 0 Å². The maximum absolute atomic E-state index is 9.66. The SMILES string of the molecule is CCC(O)(CN)OC(O)(CC)CN. The Morgan fingerprint density at radius 1 is 1.00 bits per heavy atom. The summed E-state index contributed by atoms with van der Waals surface area (Å²) < 4.78 is 5.08. The molecule has 0 aliphatic rings. The molecule has 80 valence electrons. The lowest BCUT2D eigenvalue weighted by atomic mass is 10.1. The largest absolute Gasteiger partial charge is 0.364 e. The molecule has 0 saturated carbocycles. The van der Waals surface area contributed by atoms with Gasteiger partial charge >= 0.3 is 0 Å². The van der Waals surface area contributed by atoms with E-state index < -0.39 is 11.6 Å². The molecule has 0 aliphatic heterocycles. The Morgan fingerprint density at radius 3 is 1.46 bits per heavy atom. The summed E-state index contributed by atoms with van der Waals surface area (Å²) in [6, 6.07) is 0. The van der Waals surface area contributed by atoms with Crippen LogP contribution in [0, 0.1) is 0 Å². The van der Waals surface area contributed by atoms with Crippen LogP contribution in [0.15, 0.2) is 0 Å². The second kappa shape index (κ2) is 4.88. The van der Waals surface area contributed by atoms with Crippen LogP contribution in [0.4, 0.5) is 0 Å². The number of nitrogens with two attached hydrogens (primary N) is 2. The van der Waals surface area contributed by atoms with Crippen LogP contribution in [0.2, 0.25) is 0 Å². The van der Waals surface area contributed by atoms with Crippen LogP contribution in [0.1, 0.15) is 26.7 Å². The number of hydrogen-bond acceptors (Lipinski definition) is 5. The normalized spacial score (nSPS) is 20.8. The molecule has 0 radical (unpaired) electrons. The molecule has 0 bridgehead atoms. The summed E-state index contributed by atoms with van der Waals surface area (Å²) in [4.78, 5) is 0. The number of rotatable bonds is 6. The van der Waals surface area contributed by atoms with Crippen molar-refractivity contribution in [2.45, 2.75) is 38.3 Å². The van der Waals surface area contributed by atoms with Crippen molar-refractivity contribution in [3.05, 3.63) is 0 Å². The van der Waals surface area contributed by atoms with Crippen molar-refractivity contribution in [3.8, 4) is 0 Å². The topological polar surface area (TPSA) is 102 Å². The summed E-state index contributed by atoms with van der Waals surface area (Å²) in [6.45, 7) is 3.32. The second-order valence-electron chi connectivity index (χ2n) is 3.11. The zero-order valence-corrected chi connectivity index (χ0v) is 8.29. The highest BCUT2D eigenvalue weighted by Gasteiger charge is 2.35. The van der Waals surface area contributed by atoms with Gasteiger partial charge in [0.05, 0.1) is 0 Å². The zero-order valence-electron chi connectivity index (χ0n) is 8.29. The van der Waals surface area contributed by atoms with Gasteiger partial charge in [0.25, 0.3) is 0 Å². The standard InChI is InChI=1S/C8H20N2O3/c1-3-7(11,5-9)13-8(12,4-2)6-10/h11-12H,3-6,9-10H2,1-2H3. The lowest BCUT2D eigenvalue weighted by molar-refractivity contribution is -0.326. The zero-order chi connectivity index (χ0) is 10.5. The molecule has 0 saturated heterocycles. The molecule has 0 aromatic carbocycles. The molecular formula is C8H20N2O3. The predicted molar refractivity (Wildman–Crippen MR) is 49.7 cm³/mol. The van der Waals surface area contributed by atoms with E-state index in [1.54, 1.807) is 13.8 Å². The summed E-state index contributed by atoms with van der Waals surface area (Å²) in [7, 11) is 0. The van der Waals surface area contributed by atoms with E-state index in [1.165, 1.54) is 0 Å². The van der Waals surface area contributed by atoms with Gasteiger partial charge in [0.15, 0.2) is 11.6 Å². The molecule has 0 spiro atoms. The molecule has 5 heteroatoms. The average Bonchev–Trinajstić information content (AvgIpc) is 2.17. The Hall–Kier alpha value is -0.200. The predicted octanol–water partition coefficient (Wildman–Crippen LogP) is -0.882. The Morgan fingerprint density at radius 2 is 1.31 bits per heavy atom. The first-order valence-electron chi connectivity index (χ1n) is 4.50. The van der Waals surface area contributed by atoms with Gasteiger partial charge in [-0.1, -0.05) is 13.8 Å². The van der Waals surface area contributed by atoms with Crippen LogP contribution in [-0.2, 0) is 4.74 Å². The fourth-order valence-corrected chi connectivity index (χ4v) is 0.870. The average molecular weight is 192 g/mol. The molecule has 5 nitrogen and oxygen atoms in total. The van der Waals surface area contributed by atoms with E-state index in [2.05, 4.69) is 0 Å². The monoisotopic (exact) mass is 192 g/mol. The lowest BCUT2D eigenvalue weighted by Crippen LogP contribution is -2.52. The third-order valence-corrected chi connectivity index (χ3v) is 2.12. The molecule has 0 aliphatic carbocycles. The van der Waals surface area contributed by atoms with E-state index in [0.29, 0.717) is 12.8 Å². The second-order valence-corrected chi connectivity index (χ2v) is 3.11. The van der Waals surface area contributed by atoms with Crippen molar-refractivity contribution in [3.63, 3.8) is 0 Å². The van der Waals surface area contributed by atoms with Crippen LogP contribution >= 0.6 is 0 Å². The summed E-state index contributed by atoms with van der Waals surface area (Å²) in [6.07, 6.45) is 0.623. The van der Waals surface area contributed by atoms with Crippen molar-refractivity contribution >= 4 is 0 Å². The third-order valence-electron chi connectivity index (χ3n) is 2.12. The van der Waals surface area contributed by atoms with Gasteiger partial charge in [-0.3, -0.25) is 0 Å². The van der Waals surface area contributed by atoms with Crippen molar-refractivity contribution in [2.24, 2.45) is 11.5 Å². The maximum atomic E-state index is 9.66. The van der Waals surface area contributed by atoms with Gasteiger partial charge in [-0.25, -0.2) is 0 Å². The van der Waals surface area contributed by atoms with Gasteiger partial charge in [0, 0.05) is 13.1 Å². The minimum atomic E-state index is -1.48. The van der Waals surface area contributed by atoms with Crippen molar-refractivity contribution in [2.75, 3.05) is 13.1 Å². The Bertz CT molecular complexity index is 128. The highest BCUT2D eigenvalue weighted by Crippen LogP contribution is 2.20. The van der Waals surface area contributed by atoms with E-state index in [9.17, 15) is 10.2 Å². The first-order chi connectivity index (χ1) is 5.95. The molecule has 6 N–H and O–H groups in total. The van der Waals surface area contributed by atoms with Crippen LogP contribution < -0.4 is 11.5 Å². The van der Waals surface area contributed by atoms with E-state index >= 15 is 0 Å². The summed E-state index contributed by atoms with van der Waals surface area (Å²) >= 11 is 0. The van der Waals surface area contributed by atoms with Gasteiger partial charge < -0.3 is 26.4 Å². The number of hydrogen-bond donors (Lipinski definition) is 4. The minimum Gasteiger partial charge on any atom is -0.364 e. The molecule has 0 aromatic rings. The van der Waals surface area contributed by atoms with Gasteiger partial charge in [-0.15, -0.1) is 0 Å². The first-order valence-corrected chi connectivity index (χ1v) is 4.50. The number of ether oxygens (including phenoxy) is 1. The van der Waals surface area contributed by atoms with Crippen molar-refractivity contribution in [1.29, 1.82) is 0 Å². The third kappa shape index (κ3) is 3.58. The van der Waals surface area contributed by atoms with Gasteiger partial charge in [0.1, 0.15) is 0 Å². The molecule has 13 heavy (non-hydrogen) atoms. The van der Waals surface area contributed by atoms with Crippen molar-refractivity contribution < 1.29 is 14.9 Å².